The lowest BCUT2D eigenvalue weighted by Crippen LogP contribution is -2.24. The number of phenols is 1. The molecule has 2 rings (SSSR count). The van der Waals surface area contributed by atoms with Gasteiger partial charge in [-0.05, 0) is 52.7 Å². The van der Waals surface area contributed by atoms with Gasteiger partial charge in [0.2, 0.25) is 11.8 Å². The normalized spacial score (nSPS) is 10.5. The number of nitrogens with one attached hydrogen (secondary N) is 2. The van der Waals surface area contributed by atoms with E-state index < -0.39 is 18.2 Å². The number of benzene rings is 2. The quantitative estimate of drug-likeness (QED) is 0.326. The van der Waals surface area contributed by atoms with E-state index in [0.717, 1.165) is 0 Å². The molecule has 2 aromatic carbocycles. The van der Waals surface area contributed by atoms with Crippen LogP contribution in [0.15, 0.2) is 46.0 Å². The molecule has 0 aromatic heterocycles. The summed E-state index contributed by atoms with van der Waals surface area (Å²) in [7, 11) is 1.52. The highest BCUT2D eigenvalue weighted by atomic mass is 79.9. The number of methoxy groups -OCH3 is 1. The van der Waals surface area contributed by atoms with Crippen LogP contribution in [-0.4, -0.2) is 36.9 Å². The molecular formula is C19H20BrN3O5. The predicted molar refractivity (Wildman–Crippen MR) is 109 cm³/mol. The number of hydrazone groups is 1. The van der Waals surface area contributed by atoms with E-state index in [1.54, 1.807) is 43.3 Å². The number of phenolic OH excluding ortho intramolecular Hbond substituents is 1. The molecular weight excluding hydrogens is 430 g/mol. The highest BCUT2D eigenvalue weighted by Crippen LogP contribution is 2.35. The zero-order valence-corrected chi connectivity index (χ0v) is 16.9. The molecule has 0 spiro atoms. The highest BCUT2D eigenvalue weighted by Gasteiger charge is 2.10. The summed E-state index contributed by atoms with van der Waals surface area (Å²) in [6, 6.07) is 10.0. The summed E-state index contributed by atoms with van der Waals surface area (Å²) < 4.78 is 10.8. The number of ether oxygens (including phenoxy) is 2. The van der Waals surface area contributed by atoms with E-state index in [1.165, 1.54) is 13.3 Å². The number of nitrogens with zero attached hydrogens (tertiary/aromatic N) is 1. The third-order valence-corrected chi connectivity index (χ3v) is 4.03. The Bertz CT molecular complexity index is 886. The van der Waals surface area contributed by atoms with E-state index in [2.05, 4.69) is 31.8 Å². The molecule has 0 saturated carbocycles. The maximum absolute atomic E-state index is 11.9. The van der Waals surface area contributed by atoms with E-state index in [-0.39, 0.29) is 5.75 Å². The number of halogens is 1. The summed E-state index contributed by atoms with van der Waals surface area (Å²) in [6.45, 7) is 2.19. The van der Waals surface area contributed by atoms with E-state index in [9.17, 15) is 14.7 Å². The first-order chi connectivity index (χ1) is 13.4. The maximum Gasteiger partial charge on any atom is 0.249 e. The van der Waals surface area contributed by atoms with Crippen molar-refractivity contribution in [3.63, 3.8) is 0 Å². The van der Waals surface area contributed by atoms with Gasteiger partial charge in [0.15, 0.2) is 11.5 Å². The van der Waals surface area contributed by atoms with Gasteiger partial charge in [0.05, 0.1) is 24.4 Å². The second-order valence-electron chi connectivity index (χ2n) is 5.53. The van der Waals surface area contributed by atoms with Crippen molar-refractivity contribution in [2.75, 3.05) is 19.0 Å². The third-order valence-electron chi connectivity index (χ3n) is 3.43. The fourth-order valence-corrected chi connectivity index (χ4v) is 2.66. The van der Waals surface area contributed by atoms with Gasteiger partial charge in [-0.25, -0.2) is 5.43 Å². The van der Waals surface area contributed by atoms with E-state index in [0.29, 0.717) is 33.8 Å². The van der Waals surface area contributed by atoms with Crippen LogP contribution in [0.2, 0.25) is 0 Å². The minimum atomic E-state index is -0.570. The van der Waals surface area contributed by atoms with Crippen molar-refractivity contribution in [3.05, 3.63) is 46.4 Å². The van der Waals surface area contributed by atoms with Crippen molar-refractivity contribution in [1.82, 2.24) is 5.43 Å². The molecule has 0 heterocycles. The molecule has 0 aliphatic heterocycles. The van der Waals surface area contributed by atoms with Gasteiger partial charge in [0, 0.05) is 11.8 Å². The molecule has 0 unspecified atom stereocenters. The van der Waals surface area contributed by atoms with Crippen molar-refractivity contribution in [2.45, 2.75) is 13.3 Å². The standard InChI is InChI=1S/C19H20BrN3O5/c1-3-28-16-8-12(7-15(20)19(16)26)11-21-23-18(25)10-17(24)22-13-5-4-6-14(9-13)27-2/h4-9,11,26H,3,10H2,1-2H3,(H,22,24)(H,23,25). The number of anilines is 1. The lowest BCUT2D eigenvalue weighted by Gasteiger charge is -2.08. The van der Waals surface area contributed by atoms with Crippen LogP contribution in [0.3, 0.4) is 0 Å². The number of carbonyl (C=O) groups excluding carboxylic acids is 2. The van der Waals surface area contributed by atoms with Crippen LogP contribution in [0, 0.1) is 0 Å². The van der Waals surface area contributed by atoms with Crippen molar-refractivity contribution in [3.8, 4) is 17.2 Å². The number of aromatic hydroxyl groups is 1. The van der Waals surface area contributed by atoms with Gasteiger partial charge in [0.1, 0.15) is 12.2 Å². The van der Waals surface area contributed by atoms with E-state index in [4.69, 9.17) is 9.47 Å². The molecule has 2 aromatic rings. The lowest BCUT2D eigenvalue weighted by molar-refractivity contribution is -0.126. The van der Waals surface area contributed by atoms with Crippen LogP contribution in [0.5, 0.6) is 17.2 Å². The molecule has 148 valence electrons. The molecule has 2 amide bonds. The molecule has 8 nitrogen and oxygen atoms in total. The number of rotatable bonds is 8. The summed E-state index contributed by atoms with van der Waals surface area (Å²) >= 11 is 3.22. The Labute approximate surface area is 170 Å². The molecule has 9 heteroatoms. The number of amides is 2. The Morgan fingerprint density at radius 3 is 2.75 bits per heavy atom. The van der Waals surface area contributed by atoms with Crippen LogP contribution in [0.4, 0.5) is 5.69 Å². The van der Waals surface area contributed by atoms with Crippen molar-refractivity contribution >= 4 is 39.6 Å². The molecule has 0 aliphatic rings. The van der Waals surface area contributed by atoms with Crippen LogP contribution in [0.25, 0.3) is 0 Å². The predicted octanol–water partition coefficient (Wildman–Crippen LogP) is 3.04. The van der Waals surface area contributed by atoms with Gasteiger partial charge >= 0.3 is 0 Å². The highest BCUT2D eigenvalue weighted by molar-refractivity contribution is 9.10. The van der Waals surface area contributed by atoms with Crippen molar-refractivity contribution in [1.29, 1.82) is 0 Å². The number of hydrogen-bond acceptors (Lipinski definition) is 6. The largest absolute Gasteiger partial charge is 0.503 e. The minimum Gasteiger partial charge on any atom is -0.503 e. The average molecular weight is 450 g/mol. The second kappa shape index (κ2) is 10.3. The SMILES string of the molecule is CCOc1cc(C=NNC(=O)CC(=O)Nc2cccc(OC)c2)cc(Br)c1O. The van der Waals surface area contributed by atoms with E-state index in [1.807, 2.05) is 0 Å². The first kappa shape index (κ1) is 21.2. The molecule has 0 aliphatic carbocycles. The average Bonchev–Trinajstić information content (AvgIpc) is 2.65. The monoisotopic (exact) mass is 449 g/mol. The van der Waals surface area contributed by atoms with Crippen molar-refractivity contribution < 1.29 is 24.2 Å². The molecule has 3 N–H and O–H groups in total. The van der Waals surface area contributed by atoms with Gasteiger partial charge in [-0.2, -0.15) is 5.10 Å². The Kier molecular flexibility index (Phi) is 7.82. The maximum atomic E-state index is 11.9. The smallest absolute Gasteiger partial charge is 0.249 e. The minimum absolute atomic E-state index is 0.0164. The van der Waals surface area contributed by atoms with Gasteiger partial charge in [-0.1, -0.05) is 6.07 Å². The Morgan fingerprint density at radius 1 is 1.25 bits per heavy atom. The van der Waals surface area contributed by atoms with Gasteiger partial charge in [-0.3, -0.25) is 9.59 Å². The summed E-state index contributed by atoms with van der Waals surface area (Å²) in [5.74, 6) is -0.176. The lowest BCUT2D eigenvalue weighted by atomic mass is 10.2. The van der Waals surface area contributed by atoms with Crippen molar-refractivity contribution in [2.24, 2.45) is 5.10 Å². The molecule has 0 radical (unpaired) electrons. The Morgan fingerprint density at radius 2 is 2.04 bits per heavy atom. The molecule has 0 fully saturated rings. The van der Waals surface area contributed by atoms with E-state index >= 15 is 0 Å². The molecule has 28 heavy (non-hydrogen) atoms. The van der Waals surface area contributed by atoms with Crippen LogP contribution in [0.1, 0.15) is 18.9 Å². The first-order valence-electron chi connectivity index (χ1n) is 8.34. The molecule has 0 saturated heterocycles. The summed E-state index contributed by atoms with van der Waals surface area (Å²) in [4.78, 5) is 23.8. The Balaban J connectivity index is 1.90. The van der Waals surface area contributed by atoms with Crippen LogP contribution >= 0.6 is 15.9 Å². The third kappa shape index (κ3) is 6.27. The fourth-order valence-electron chi connectivity index (χ4n) is 2.20. The van der Waals surface area contributed by atoms with Gasteiger partial charge in [-0.15, -0.1) is 0 Å². The van der Waals surface area contributed by atoms with Gasteiger partial charge < -0.3 is 19.9 Å². The van der Waals surface area contributed by atoms with Crippen LogP contribution in [-0.2, 0) is 9.59 Å². The number of carbonyl (C=O) groups is 2. The molecule has 0 bridgehead atoms. The molecule has 0 atom stereocenters. The van der Waals surface area contributed by atoms with Gasteiger partial charge in [0.25, 0.3) is 0 Å². The zero-order valence-electron chi connectivity index (χ0n) is 15.4. The number of hydrogen-bond donors (Lipinski definition) is 3. The van der Waals surface area contributed by atoms with Crippen LogP contribution < -0.4 is 20.2 Å². The summed E-state index contributed by atoms with van der Waals surface area (Å²) in [5, 5.41) is 16.3. The summed E-state index contributed by atoms with van der Waals surface area (Å²) in [5.41, 5.74) is 3.40. The second-order valence-corrected chi connectivity index (χ2v) is 6.39. The zero-order chi connectivity index (χ0) is 20.5. The summed E-state index contributed by atoms with van der Waals surface area (Å²) in [6.07, 6.45) is 0.989. The fraction of sp³-hybridized carbons (Fsp3) is 0.211. The topological polar surface area (TPSA) is 109 Å². The first-order valence-corrected chi connectivity index (χ1v) is 9.13. The Hall–Kier alpha value is -3.07.